The Morgan fingerprint density at radius 3 is 2.60 bits per heavy atom. The van der Waals surface area contributed by atoms with Gasteiger partial charge in [-0.3, -0.25) is 0 Å². The molecule has 1 rings (SSSR count). The van der Waals surface area contributed by atoms with Gasteiger partial charge in [-0.1, -0.05) is 13.8 Å². The highest BCUT2D eigenvalue weighted by Gasteiger charge is 2.25. The normalized spacial score (nSPS) is 11.5. The van der Waals surface area contributed by atoms with Crippen LogP contribution >= 0.6 is 15.9 Å². The lowest BCUT2D eigenvalue weighted by molar-refractivity contribution is 0.202. The van der Waals surface area contributed by atoms with E-state index in [4.69, 9.17) is 0 Å². The lowest BCUT2D eigenvalue weighted by Crippen LogP contribution is -2.41. The van der Waals surface area contributed by atoms with Crippen molar-refractivity contribution >= 4 is 21.7 Å². The Morgan fingerprint density at radius 1 is 1.47 bits per heavy atom. The molecular formula is C11H17BrN2O. The molecule has 0 amide bonds. The fourth-order valence-electron chi connectivity index (χ4n) is 1.42. The number of anilines is 1. The van der Waals surface area contributed by atoms with Crippen LogP contribution in [0, 0.1) is 0 Å². The number of nitrogens with one attached hydrogen (secondary N) is 1. The van der Waals surface area contributed by atoms with Gasteiger partial charge in [0.05, 0.1) is 16.6 Å². The van der Waals surface area contributed by atoms with Crippen LogP contribution in [-0.4, -0.2) is 22.2 Å². The van der Waals surface area contributed by atoms with Crippen molar-refractivity contribution in [1.82, 2.24) is 4.98 Å². The van der Waals surface area contributed by atoms with Crippen molar-refractivity contribution in [3.63, 3.8) is 0 Å². The van der Waals surface area contributed by atoms with Crippen molar-refractivity contribution in [2.75, 3.05) is 11.9 Å². The third kappa shape index (κ3) is 2.92. The van der Waals surface area contributed by atoms with E-state index in [-0.39, 0.29) is 12.1 Å². The van der Waals surface area contributed by atoms with Gasteiger partial charge >= 0.3 is 0 Å². The second-order valence-electron chi connectivity index (χ2n) is 3.60. The summed E-state index contributed by atoms with van der Waals surface area (Å²) in [6.07, 6.45) is 3.46. The molecule has 0 atom stereocenters. The van der Waals surface area contributed by atoms with Gasteiger partial charge in [0.15, 0.2) is 0 Å². The number of nitrogens with zero attached hydrogens (tertiary/aromatic N) is 1. The van der Waals surface area contributed by atoms with E-state index in [1.807, 2.05) is 12.1 Å². The van der Waals surface area contributed by atoms with Crippen LogP contribution in [-0.2, 0) is 0 Å². The minimum Gasteiger partial charge on any atom is -0.394 e. The summed E-state index contributed by atoms with van der Waals surface area (Å²) in [4.78, 5) is 4.24. The minimum atomic E-state index is -0.267. The number of hydrogen-bond donors (Lipinski definition) is 2. The molecule has 0 fully saturated rings. The summed E-state index contributed by atoms with van der Waals surface area (Å²) >= 11 is 3.43. The monoisotopic (exact) mass is 272 g/mol. The zero-order chi connectivity index (χ0) is 11.3. The maximum atomic E-state index is 9.42. The highest BCUT2D eigenvalue weighted by atomic mass is 79.9. The van der Waals surface area contributed by atoms with Crippen molar-refractivity contribution in [2.24, 2.45) is 0 Å². The average molecular weight is 273 g/mol. The second kappa shape index (κ2) is 5.47. The van der Waals surface area contributed by atoms with E-state index >= 15 is 0 Å². The summed E-state index contributed by atoms with van der Waals surface area (Å²) in [5, 5.41) is 12.7. The van der Waals surface area contributed by atoms with E-state index < -0.39 is 0 Å². The molecular weight excluding hydrogens is 256 g/mol. The summed E-state index contributed by atoms with van der Waals surface area (Å²) in [5.74, 6) is 0.787. The van der Waals surface area contributed by atoms with Crippen LogP contribution in [0.2, 0.25) is 0 Å². The Morgan fingerprint density at radius 2 is 2.13 bits per heavy atom. The van der Waals surface area contributed by atoms with Gasteiger partial charge in [-0.15, -0.1) is 0 Å². The van der Waals surface area contributed by atoms with Gasteiger partial charge in [-0.05, 0) is 40.9 Å². The Labute approximate surface area is 99.1 Å². The average Bonchev–Trinajstić information content (AvgIpc) is 2.29. The lowest BCUT2D eigenvalue weighted by atomic mass is 9.94. The number of aliphatic hydroxyl groups excluding tert-OH is 1. The largest absolute Gasteiger partial charge is 0.394 e. The third-order valence-electron chi connectivity index (χ3n) is 2.80. The number of aromatic nitrogens is 1. The topological polar surface area (TPSA) is 45.1 Å². The molecule has 15 heavy (non-hydrogen) atoms. The molecule has 0 bridgehead atoms. The van der Waals surface area contributed by atoms with Crippen LogP contribution < -0.4 is 5.32 Å². The SMILES string of the molecule is CCC(CC)(CO)Nc1ncccc1Br. The number of aliphatic hydroxyl groups is 1. The first-order chi connectivity index (χ1) is 7.17. The molecule has 4 heteroatoms. The van der Waals surface area contributed by atoms with E-state index in [1.165, 1.54) is 0 Å². The Hall–Kier alpha value is -0.610. The first kappa shape index (κ1) is 12.5. The van der Waals surface area contributed by atoms with E-state index in [9.17, 15) is 5.11 Å². The fourth-order valence-corrected chi connectivity index (χ4v) is 1.77. The summed E-state index contributed by atoms with van der Waals surface area (Å²) in [7, 11) is 0. The van der Waals surface area contributed by atoms with Crippen LogP contribution in [0.25, 0.3) is 0 Å². The van der Waals surface area contributed by atoms with Crippen molar-refractivity contribution in [2.45, 2.75) is 32.2 Å². The predicted octanol–water partition coefficient (Wildman–Crippen LogP) is 2.81. The van der Waals surface area contributed by atoms with Crippen molar-refractivity contribution in [1.29, 1.82) is 0 Å². The van der Waals surface area contributed by atoms with E-state index in [0.717, 1.165) is 23.1 Å². The Bertz CT molecular complexity index is 305. The van der Waals surface area contributed by atoms with Crippen molar-refractivity contribution in [3.8, 4) is 0 Å². The van der Waals surface area contributed by atoms with Gasteiger partial charge in [-0.2, -0.15) is 0 Å². The van der Waals surface area contributed by atoms with Gasteiger partial charge in [0.2, 0.25) is 0 Å². The molecule has 1 aromatic heterocycles. The summed E-state index contributed by atoms with van der Waals surface area (Å²) < 4.78 is 0.921. The van der Waals surface area contributed by atoms with Crippen LogP contribution in [0.3, 0.4) is 0 Å². The third-order valence-corrected chi connectivity index (χ3v) is 3.44. The van der Waals surface area contributed by atoms with Crippen molar-refractivity contribution < 1.29 is 5.11 Å². The molecule has 3 nitrogen and oxygen atoms in total. The summed E-state index contributed by atoms with van der Waals surface area (Å²) in [6, 6.07) is 3.80. The molecule has 0 unspecified atom stereocenters. The molecule has 84 valence electrons. The number of halogens is 1. The molecule has 0 saturated carbocycles. The first-order valence-corrected chi connectivity index (χ1v) is 5.96. The standard InChI is InChI=1S/C11H17BrN2O/c1-3-11(4-2,8-15)14-10-9(12)6-5-7-13-10/h5-7,15H,3-4,8H2,1-2H3,(H,13,14). The van der Waals surface area contributed by atoms with Crippen LogP contribution in [0.1, 0.15) is 26.7 Å². The smallest absolute Gasteiger partial charge is 0.140 e. The van der Waals surface area contributed by atoms with Gasteiger partial charge in [-0.25, -0.2) is 4.98 Å². The second-order valence-corrected chi connectivity index (χ2v) is 4.46. The molecule has 0 aliphatic carbocycles. The molecule has 0 aliphatic heterocycles. The molecule has 0 aliphatic rings. The number of pyridine rings is 1. The minimum absolute atomic E-state index is 0.114. The molecule has 0 saturated heterocycles. The Balaban J connectivity index is 2.88. The molecule has 2 N–H and O–H groups in total. The van der Waals surface area contributed by atoms with Crippen molar-refractivity contribution in [3.05, 3.63) is 22.8 Å². The van der Waals surface area contributed by atoms with Crippen LogP contribution in [0.4, 0.5) is 5.82 Å². The maximum absolute atomic E-state index is 9.42. The molecule has 1 heterocycles. The molecule has 0 radical (unpaired) electrons. The molecule has 1 aromatic rings. The van der Waals surface area contributed by atoms with Gasteiger partial charge < -0.3 is 10.4 Å². The lowest BCUT2D eigenvalue weighted by Gasteiger charge is -2.31. The molecule has 0 aromatic carbocycles. The highest BCUT2D eigenvalue weighted by Crippen LogP contribution is 2.25. The highest BCUT2D eigenvalue weighted by molar-refractivity contribution is 9.10. The molecule has 0 spiro atoms. The number of hydrogen-bond acceptors (Lipinski definition) is 3. The van der Waals surface area contributed by atoms with Gasteiger partial charge in [0, 0.05) is 6.20 Å². The fraction of sp³-hybridized carbons (Fsp3) is 0.545. The van der Waals surface area contributed by atoms with E-state index in [2.05, 4.69) is 40.1 Å². The summed E-state index contributed by atoms with van der Waals surface area (Å²) in [6.45, 7) is 4.23. The van der Waals surface area contributed by atoms with Gasteiger partial charge in [0.1, 0.15) is 5.82 Å². The van der Waals surface area contributed by atoms with Gasteiger partial charge in [0.25, 0.3) is 0 Å². The zero-order valence-electron chi connectivity index (χ0n) is 9.13. The maximum Gasteiger partial charge on any atom is 0.140 e. The van der Waals surface area contributed by atoms with E-state index in [0.29, 0.717) is 0 Å². The summed E-state index contributed by atoms with van der Waals surface area (Å²) in [5.41, 5.74) is -0.267. The number of rotatable bonds is 5. The van der Waals surface area contributed by atoms with Crippen LogP contribution in [0.5, 0.6) is 0 Å². The van der Waals surface area contributed by atoms with E-state index in [1.54, 1.807) is 6.20 Å². The Kier molecular flexibility index (Phi) is 4.54. The zero-order valence-corrected chi connectivity index (χ0v) is 10.7. The quantitative estimate of drug-likeness (QED) is 0.867. The predicted molar refractivity (Wildman–Crippen MR) is 66.0 cm³/mol. The first-order valence-electron chi connectivity index (χ1n) is 5.17. The van der Waals surface area contributed by atoms with Crippen LogP contribution in [0.15, 0.2) is 22.8 Å².